The lowest BCUT2D eigenvalue weighted by molar-refractivity contribution is 1.07. The molecule has 12 rings (SSSR count). The molecule has 3 heterocycles. The highest BCUT2D eigenvalue weighted by Gasteiger charge is 2.21. The lowest BCUT2D eigenvalue weighted by Crippen LogP contribution is -2.00. The van der Waals surface area contributed by atoms with E-state index in [1.165, 1.54) is 38.1 Å². The Morgan fingerprint density at radius 1 is 0.258 bits per heavy atom. The number of aromatic nitrogens is 5. The molecule has 3 aromatic heterocycles. The van der Waals surface area contributed by atoms with Crippen LogP contribution in [-0.4, -0.2) is 24.1 Å². The predicted molar refractivity (Wildman–Crippen MR) is 256 cm³/mol. The molecule has 5 heteroatoms. The summed E-state index contributed by atoms with van der Waals surface area (Å²) in [6, 6.07) is 79.4. The predicted octanol–water partition coefficient (Wildman–Crippen LogP) is 14.4. The van der Waals surface area contributed by atoms with Gasteiger partial charge in [-0.05, 0) is 89.0 Å². The van der Waals surface area contributed by atoms with Crippen molar-refractivity contribution in [3.63, 3.8) is 0 Å². The number of benzene rings is 9. The third-order valence-corrected chi connectivity index (χ3v) is 11.9. The molecule has 0 N–H and O–H groups in total. The van der Waals surface area contributed by atoms with E-state index in [1.807, 2.05) is 60.7 Å². The maximum Gasteiger partial charge on any atom is 0.164 e. The standard InChI is InChI=1S/C57H37N5/c1-5-18-38(19-6-1)55-58-56(39-20-7-2-8-21-39)60-57(59-55)42-23-17-22-40(34-42)43-36-48(54-47-29-14-16-31-51(47)62(53(54)37-43)45-26-11-4-12-27-45)41-32-33-52-49(35-41)46-28-13-15-30-50(46)61(52)44-24-9-3-10-25-44/h1-37H. The number of hydrogen-bond donors (Lipinski definition) is 0. The van der Waals surface area contributed by atoms with Crippen LogP contribution in [0.4, 0.5) is 0 Å². The minimum absolute atomic E-state index is 0.625. The highest BCUT2D eigenvalue weighted by Crippen LogP contribution is 2.44. The van der Waals surface area contributed by atoms with E-state index in [0.717, 1.165) is 55.8 Å². The van der Waals surface area contributed by atoms with Crippen molar-refractivity contribution < 1.29 is 0 Å². The molecule has 0 aliphatic carbocycles. The fourth-order valence-corrected chi connectivity index (χ4v) is 9.12. The van der Waals surface area contributed by atoms with Gasteiger partial charge in [0.1, 0.15) is 0 Å². The van der Waals surface area contributed by atoms with Crippen molar-refractivity contribution in [2.24, 2.45) is 0 Å². The van der Waals surface area contributed by atoms with E-state index in [9.17, 15) is 0 Å². The van der Waals surface area contributed by atoms with E-state index in [4.69, 9.17) is 15.0 Å². The van der Waals surface area contributed by atoms with E-state index >= 15 is 0 Å². The van der Waals surface area contributed by atoms with Crippen LogP contribution < -0.4 is 0 Å². The average molecular weight is 792 g/mol. The third kappa shape index (κ3) is 5.98. The Kier molecular flexibility index (Phi) is 8.42. The Morgan fingerprint density at radius 2 is 0.726 bits per heavy atom. The van der Waals surface area contributed by atoms with Crippen LogP contribution in [-0.2, 0) is 0 Å². The largest absolute Gasteiger partial charge is 0.309 e. The Morgan fingerprint density at radius 3 is 1.35 bits per heavy atom. The van der Waals surface area contributed by atoms with Gasteiger partial charge >= 0.3 is 0 Å². The topological polar surface area (TPSA) is 48.5 Å². The molecule has 62 heavy (non-hydrogen) atoms. The Hall–Kier alpha value is -8.41. The summed E-state index contributed by atoms with van der Waals surface area (Å²) in [7, 11) is 0. The molecule has 0 unspecified atom stereocenters. The van der Waals surface area contributed by atoms with Crippen molar-refractivity contribution >= 4 is 43.6 Å². The molecule has 0 saturated heterocycles. The zero-order valence-corrected chi connectivity index (χ0v) is 33.6. The van der Waals surface area contributed by atoms with E-state index in [2.05, 4.69) is 173 Å². The van der Waals surface area contributed by atoms with Crippen LogP contribution in [0.15, 0.2) is 224 Å². The van der Waals surface area contributed by atoms with Crippen LogP contribution in [0.25, 0.3) is 111 Å². The van der Waals surface area contributed by atoms with E-state index in [-0.39, 0.29) is 0 Å². The molecule has 0 atom stereocenters. The van der Waals surface area contributed by atoms with Gasteiger partial charge in [-0.1, -0.05) is 158 Å². The first kappa shape index (κ1) is 35.5. The Labute approximate surface area is 358 Å². The molecular weight excluding hydrogens is 755 g/mol. The lowest BCUT2D eigenvalue weighted by Gasteiger charge is -2.14. The maximum atomic E-state index is 5.08. The van der Waals surface area contributed by atoms with Crippen molar-refractivity contribution in [1.82, 2.24) is 24.1 Å². The third-order valence-electron chi connectivity index (χ3n) is 11.9. The number of para-hydroxylation sites is 4. The normalized spacial score (nSPS) is 11.5. The van der Waals surface area contributed by atoms with Crippen molar-refractivity contribution in [2.45, 2.75) is 0 Å². The smallest absolute Gasteiger partial charge is 0.164 e. The van der Waals surface area contributed by atoms with Gasteiger partial charge in [-0.2, -0.15) is 0 Å². The Balaban J connectivity index is 1.10. The van der Waals surface area contributed by atoms with Crippen molar-refractivity contribution in [3.8, 4) is 67.8 Å². The second kappa shape index (κ2) is 14.7. The zero-order chi connectivity index (χ0) is 41.0. The van der Waals surface area contributed by atoms with Gasteiger partial charge in [0, 0.05) is 49.6 Å². The molecule has 0 spiro atoms. The summed E-state index contributed by atoms with van der Waals surface area (Å²) < 4.78 is 4.78. The SMILES string of the molecule is c1ccc(-c2nc(-c3ccccc3)nc(-c3cccc(-c4cc(-c5ccc6c(c5)c5ccccc5n6-c5ccccc5)c5c6ccccc6n(-c6ccccc6)c5c4)c3)n2)cc1. The minimum Gasteiger partial charge on any atom is -0.309 e. The quantitative estimate of drug-likeness (QED) is 0.162. The highest BCUT2D eigenvalue weighted by molar-refractivity contribution is 6.18. The summed E-state index contributed by atoms with van der Waals surface area (Å²) in [5.74, 6) is 1.90. The van der Waals surface area contributed by atoms with Crippen LogP contribution >= 0.6 is 0 Å². The van der Waals surface area contributed by atoms with Crippen molar-refractivity contribution in [2.75, 3.05) is 0 Å². The summed E-state index contributed by atoms with van der Waals surface area (Å²) in [5, 5.41) is 4.86. The number of nitrogens with zero attached hydrogens (tertiary/aromatic N) is 5. The second-order valence-electron chi connectivity index (χ2n) is 15.6. The van der Waals surface area contributed by atoms with Gasteiger partial charge in [-0.3, -0.25) is 0 Å². The first-order valence-electron chi connectivity index (χ1n) is 20.9. The summed E-state index contributed by atoms with van der Waals surface area (Å²) >= 11 is 0. The fourth-order valence-electron chi connectivity index (χ4n) is 9.12. The van der Waals surface area contributed by atoms with Gasteiger partial charge in [0.05, 0.1) is 22.1 Å². The summed E-state index contributed by atoms with van der Waals surface area (Å²) in [5.41, 5.74) is 14.2. The fraction of sp³-hybridized carbons (Fsp3) is 0. The first-order chi connectivity index (χ1) is 30.7. The summed E-state index contributed by atoms with van der Waals surface area (Å²) in [6.45, 7) is 0. The van der Waals surface area contributed by atoms with Crippen molar-refractivity contribution in [1.29, 1.82) is 0 Å². The summed E-state index contributed by atoms with van der Waals surface area (Å²) in [6.07, 6.45) is 0. The molecule has 0 saturated carbocycles. The van der Waals surface area contributed by atoms with Gasteiger partial charge in [0.2, 0.25) is 0 Å². The van der Waals surface area contributed by atoms with E-state index in [0.29, 0.717) is 17.5 Å². The van der Waals surface area contributed by atoms with Crippen LogP contribution in [0.3, 0.4) is 0 Å². The number of hydrogen-bond acceptors (Lipinski definition) is 3. The molecule has 9 aromatic carbocycles. The molecule has 290 valence electrons. The molecule has 0 aliphatic rings. The molecule has 0 aliphatic heterocycles. The second-order valence-corrected chi connectivity index (χ2v) is 15.6. The monoisotopic (exact) mass is 791 g/mol. The highest BCUT2D eigenvalue weighted by atomic mass is 15.0. The first-order valence-corrected chi connectivity index (χ1v) is 20.9. The molecule has 5 nitrogen and oxygen atoms in total. The molecule has 12 aromatic rings. The van der Waals surface area contributed by atoms with Gasteiger partial charge in [0.15, 0.2) is 17.5 Å². The zero-order valence-electron chi connectivity index (χ0n) is 33.6. The number of rotatable bonds is 7. The van der Waals surface area contributed by atoms with Gasteiger partial charge < -0.3 is 9.13 Å². The lowest BCUT2D eigenvalue weighted by atomic mass is 9.93. The van der Waals surface area contributed by atoms with Gasteiger partial charge in [-0.25, -0.2) is 15.0 Å². The average Bonchev–Trinajstić information content (AvgIpc) is 3.87. The summed E-state index contributed by atoms with van der Waals surface area (Å²) in [4.78, 5) is 15.1. The van der Waals surface area contributed by atoms with Crippen LogP contribution in [0.5, 0.6) is 0 Å². The minimum atomic E-state index is 0.625. The van der Waals surface area contributed by atoms with Crippen LogP contribution in [0.2, 0.25) is 0 Å². The molecule has 0 bridgehead atoms. The van der Waals surface area contributed by atoms with E-state index in [1.54, 1.807) is 0 Å². The number of fused-ring (bicyclic) bond motifs is 6. The van der Waals surface area contributed by atoms with Crippen LogP contribution in [0, 0.1) is 0 Å². The molecule has 0 fully saturated rings. The van der Waals surface area contributed by atoms with E-state index < -0.39 is 0 Å². The Bertz CT molecular complexity index is 3550. The van der Waals surface area contributed by atoms with Crippen LogP contribution in [0.1, 0.15) is 0 Å². The van der Waals surface area contributed by atoms with Crippen molar-refractivity contribution in [3.05, 3.63) is 224 Å². The van der Waals surface area contributed by atoms with Gasteiger partial charge in [-0.15, -0.1) is 0 Å². The molecule has 0 amide bonds. The molecule has 0 radical (unpaired) electrons. The molecular formula is C57H37N5. The maximum absolute atomic E-state index is 5.08. The van der Waals surface area contributed by atoms with Gasteiger partial charge in [0.25, 0.3) is 0 Å².